The number of fused-ring (bicyclic) bond motifs is 1. The van der Waals surface area contributed by atoms with Gasteiger partial charge in [-0.3, -0.25) is 14.4 Å². The molecule has 1 amide bonds. The number of carbonyl (C=O) groups excluding carboxylic acids is 2. The number of anilines is 1. The van der Waals surface area contributed by atoms with Gasteiger partial charge in [0.05, 0.1) is 31.6 Å². The van der Waals surface area contributed by atoms with Crippen molar-refractivity contribution in [3.8, 4) is 11.3 Å². The fourth-order valence-electron chi connectivity index (χ4n) is 8.55. The predicted octanol–water partition coefficient (Wildman–Crippen LogP) is 5.44. The lowest BCUT2D eigenvalue weighted by molar-refractivity contribution is -0.212. The maximum atomic E-state index is 14.4. The van der Waals surface area contributed by atoms with E-state index in [9.17, 15) is 14.7 Å². The summed E-state index contributed by atoms with van der Waals surface area (Å²) in [6, 6.07) is 16.5. The third-order valence-corrected chi connectivity index (χ3v) is 11.7. The first-order valence-corrected chi connectivity index (χ1v) is 19.4. The lowest BCUT2D eigenvalue weighted by Crippen LogP contribution is -2.61. The number of amides is 1. The Bertz CT molecular complexity index is 1690. The number of nitrogen functional groups attached to an aromatic ring is 1. The van der Waals surface area contributed by atoms with E-state index < -0.39 is 53.4 Å². The molecule has 3 heterocycles. The first kappa shape index (κ1) is 41.4. The van der Waals surface area contributed by atoms with E-state index in [-0.39, 0.29) is 24.2 Å². The van der Waals surface area contributed by atoms with Crippen molar-refractivity contribution in [1.29, 1.82) is 0 Å². The van der Waals surface area contributed by atoms with Crippen LogP contribution >= 0.6 is 0 Å². The summed E-state index contributed by atoms with van der Waals surface area (Å²) >= 11 is 0. The molecule has 2 aromatic carbocycles. The zero-order valence-electron chi connectivity index (χ0n) is 33.0. The fourth-order valence-corrected chi connectivity index (χ4v) is 8.55. The number of aromatic nitrogens is 3. The molecule has 1 aromatic heterocycles. The van der Waals surface area contributed by atoms with Crippen LogP contribution < -0.4 is 11.1 Å². The van der Waals surface area contributed by atoms with Crippen LogP contribution in [-0.4, -0.2) is 101 Å². The Morgan fingerprint density at radius 2 is 1.80 bits per heavy atom. The Kier molecular flexibility index (Phi) is 13.6. The Hall–Kier alpha value is -3.78. The molecule has 0 bridgehead atoms. The number of ether oxygens (including phenoxy) is 3. The highest BCUT2D eigenvalue weighted by atomic mass is 16.6. The van der Waals surface area contributed by atoms with Gasteiger partial charge in [-0.25, -0.2) is 4.79 Å². The molecule has 2 saturated heterocycles. The highest BCUT2D eigenvalue weighted by Crippen LogP contribution is 2.41. The summed E-state index contributed by atoms with van der Waals surface area (Å²) in [4.78, 5) is 30.0. The molecule has 54 heavy (non-hydrogen) atoms. The Morgan fingerprint density at radius 1 is 1.07 bits per heavy atom. The minimum Gasteiger partial charge on any atom is -0.438 e. The standard InChI is InChI=1S/C41H59BN6O6/c1-8-34-41(6)37(48(39(51)54-41)20-13-12-19-47-25-33(45-46-47)30-17-14-18-31(43)22-30)28(4)44-24-26(2)23-40(5,52-7)36(42)27(3)35(49)32(38(50)53-34)21-29-15-10-9-11-16-29/h9-11,14-18,22,25-28,32,34,36-38,44,50H,8,12-13,19-21,23-24,43H2,1-7H3/t26-,27+,28-,32-,34-,36-,37-,38?,40-,41-/m1/s1. The largest absolute Gasteiger partial charge is 0.438 e. The third-order valence-electron chi connectivity index (χ3n) is 11.7. The number of ketones is 1. The number of hydrogen-bond donors (Lipinski definition) is 3. The van der Waals surface area contributed by atoms with Crippen molar-refractivity contribution in [2.75, 3.05) is 25.9 Å². The van der Waals surface area contributed by atoms with Crippen molar-refractivity contribution in [2.45, 2.75) is 122 Å². The van der Waals surface area contributed by atoms with Crippen LogP contribution in [0.5, 0.6) is 0 Å². The van der Waals surface area contributed by atoms with Crippen LogP contribution in [0.1, 0.15) is 72.8 Å². The maximum Gasteiger partial charge on any atom is 0.410 e. The first-order valence-electron chi connectivity index (χ1n) is 19.4. The molecule has 4 N–H and O–H groups in total. The third kappa shape index (κ3) is 9.18. The number of nitrogens with two attached hydrogens (primary N) is 1. The average molecular weight is 743 g/mol. The van der Waals surface area contributed by atoms with Crippen LogP contribution in [0, 0.1) is 17.8 Å². The van der Waals surface area contributed by atoms with Gasteiger partial charge in [-0.2, -0.15) is 0 Å². The van der Waals surface area contributed by atoms with Crippen LogP contribution in [0.4, 0.5) is 10.5 Å². The number of nitrogens with zero attached hydrogens (tertiary/aromatic N) is 4. The van der Waals surface area contributed by atoms with Crippen molar-refractivity contribution in [1.82, 2.24) is 25.2 Å². The van der Waals surface area contributed by atoms with Crippen LogP contribution in [0.25, 0.3) is 11.3 Å². The summed E-state index contributed by atoms with van der Waals surface area (Å²) in [5, 5.41) is 24.2. The number of hydrogen-bond acceptors (Lipinski definition) is 10. The molecular weight excluding hydrogens is 683 g/mol. The van der Waals surface area contributed by atoms with Crippen molar-refractivity contribution in [2.24, 2.45) is 17.8 Å². The van der Waals surface area contributed by atoms with E-state index in [2.05, 4.69) is 29.5 Å². The fraction of sp³-hybridized carbons (Fsp3) is 0.610. The van der Waals surface area contributed by atoms with Gasteiger partial charge in [0.25, 0.3) is 0 Å². The summed E-state index contributed by atoms with van der Waals surface area (Å²) < 4.78 is 20.7. The topological polar surface area (TPSA) is 154 Å². The minimum absolute atomic E-state index is 0.109. The summed E-state index contributed by atoms with van der Waals surface area (Å²) in [7, 11) is 8.50. The lowest BCUT2D eigenvalue weighted by atomic mass is 9.62. The number of rotatable bonds is 10. The predicted molar refractivity (Wildman–Crippen MR) is 210 cm³/mol. The van der Waals surface area contributed by atoms with Gasteiger partial charge in [-0.1, -0.05) is 68.4 Å². The summed E-state index contributed by atoms with van der Waals surface area (Å²) in [5.41, 5.74) is 7.19. The van der Waals surface area contributed by atoms with Gasteiger partial charge in [0.2, 0.25) is 0 Å². The van der Waals surface area contributed by atoms with E-state index in [0.29, 0.717) is 44.6 Å². The number of benzene rings is 2. The highest BCUT2D eigenvalue weighted by Gasteiger charge is 2.58. The van der Waals surface area contributed by atoms with E-state index in [0.717, 1.165) is 23.2 Å². The number of aliphatic hydroxyl groups excluding tert-OH is 1. The molecular formula is C41H59BN6O6. The van der Waals surface area contributed by atoms with Gasteiger partial charge in [0.1, 0.15) is 17.6 Å². The molecule has 10 atom stereocenters. The number of aliphatic hydroxyl groups is 1. The van der Waals surface area contributed by atoms with Crippen molar-refractivity contribution in [3.63, 3.8) is 0 Å². The van der Waals surface area contributed by atoms with Gasteiger partial charge in [0, 0.05) is 43.4 Å². The molecule has 2 aliphatic rings. The maximum absolute atomic E-state index is 14.4. The number of carbonyl (C=O) groups is 2. The van der Waals surface area contributed by atoms with Crippen LogP contribution in [0.3, 0.4) is 0 Å². The monoisotopic (exact) mass is 742 g/mol. The first-order chi connectivity index (χ1) is 25.7. The van der Waals surface area contributed by atoms with Crippen LogP contribution in [0.2, 0.25) is 5.82 Å². The number of Topliss-reactive ketones (excluding diaryl/α,β-unsaturated/α-hetero) is 1. The molecule has 3 aromatic rings. The highest BCUT2D eigenvalue weighted by molar-refractivity contribution is 6.14. The van der Waals surface area contributed by atoms with Crippen molar-refractivity contribution >= 4 is 25.4 Å². The second-order valence-corrected chi connectivity index (χ2v) is 15.8. The van der Waals surface area contributed by atoms with E-state index in [1.165, 1.54) is 0 Å². The zero-order valence-corrected chi connectivity index (χ0v) is 33.0. The van der Waals surface area contributed by atoms with Crippen molar-refractivity contribution in [3.05, 3.63) is 66.4 Å². The molecule has 2 aliphatic heterocycles. The van der Waals surface area contributed by atoms with Gasteiger partial charge in [0.15, 0.2) is 11.9 Å². The minimum atomic E-state index is -1.48. The quantitative estimate of drug-likeness (QED) is 0.139. The summed E-state index contributed by atoms with van der Waals surface area (Å²) in [6.07, 6.45) is 1.96. The summed E-state index contributed by atoms with van der Waals surface area (Å²) in [5.74, 6) is -2.30. The van der Waals surface area contributed by atoms with E-state index in [4.69, 9.17) is 27.8 Å². The molecule has 0 saturated carbocycles. The summed E-state index contributed by atoms with van der Waals surface area (Å²) in [6.45, 7) is 13.5. The molecule has 13 heteroatoms. The number of aryl methyl sites for hydroxylation is 1. The van der Waals surface area contributed by atoms with E-state index in [1.54, 1.807) is 16.7 Å². The van der Waals surface area contributed by atoms with Gasteiger partial charge in [-0.05, 0) is 88.9 Å². The van der Waals surface area contributed by atoms with Gasteiger partial charge >= 0.3 is 6.09 Å². The second kappa shape index (κ2) is 17.8. The zero-order chi connectivity index (χ0) is 39.2. The second-order valence-electron chi connectivity index (χ2n) is 15.8. The molecule has 1 unspecified atom stereocenters. The Morgan fingerprint density at radius 3 is 2.48 bits per heavy atom. The molecule has 5 rings (SSSR count). The Balaban J connectivity index is 1.40. The SMILES string of the molecule is [B][C@@H]1[C@@H](C)C(=O)[C@@H](Cc2ccccc2)C(O)O[C@H](CC)[C@@]2(C)OC(=O)N(CCCCn3cc(-c4cccc(N)c4)nn3)[C@@H]2[C@@H](C)NC[C@H](C)C[C@@]1(C)OC. The number of unbranched alkanes of at least 4 members (excludes halogenated alkanes) is 1. The smallest absolute Gasteiger partial charge is 0.410 e. The molecule has 2 radical (unpaired) electrons. The Labute approximate surface area is 321 Å². The van der Waals surface area contributed by atoms with Crippen LogP contribution in [0.15, 0.2) is 60.8 Å². The lowest BCUT2D eigenvalue weighted by Gasteiger charge is -2.42. The van der Waals surface area contributed by atoms with E-state index in [1.807, 2.05) is 88.5 Å². The molecule has 12 nitrogen and oxygen atoms in total. The number of nitrogens with one attached hydrogen (secondary N) is 1. The van der Waals surface area contributed by atoms with Gasteiger partial charge in [-0.15, -0.1) is 5.10 Å². The number of methoxy groups -OCH3 is 1. The van der Waals surface area contributed by atoms with Crippen molar-refractivity contribution < 1.29 is 28.9 Å². The molecule has 292 valence electrons. The van der Waals surface area contributed by atoms with E-state index >= 15 is 0 Å². The van der Waals surface area contributed by atoms with Gasteiger partial charge < -0.3 is 30.4 Å². The molecule has 0 spiro atoms. The molecule has 2 fully saturated rings. The normalized spacial score (nSPS) is 32.8. The van der Waals surface area contributed by atoms with Crippen LogP contribution in [-0.2, 0) is 32.0 Å². The average Bonchev–Trinajstić information content (AvgIpc) is 3.74. The molecule has 0 aliphatic carbocycles.